The number of aromatic carboxylic acids is 1. The molecule has 0 saturated carbocycles. The Hall–Kier alpha value is -2.41. The lowest BCUT2D eigenvalue weighted by Crippen LogP contribution is -2.43. The fourth-order valence-corrected chi connectivity index (χ4v) is 2.82. The maximum atomic E-state index is 11.1. The lowest BCUT2D eigenvalue weighted by molar-refractivity contribution is 0.0696. The molecule has 0 bridgehead atoms. The van der Waals surface area contributed by atoms with Crippen molar-refractivity contribution in [2.45, 2.75) is 38.5 Å². The number of carboxylic acids is 1. The van der Waals surface area contributed by atoms with Crippen LogP contribution >= 0.6 is 0 Å². The fourth-order valence-electron chi connectivity index (χ4n) is 2.82. The van der Waals surface area contributed by atoms with E-state index < -0.39 is 12.1 Å². The Bertz CT molecular complexity index is 773. The molecule has 0 aliphatic carbocycles. The van der Waals surface area contributed by atoms with Crippen LogP contribution in [0.4, 0.5) is 0 Å². The zero-order valence-corrected chi connectivity index (χ0v) is 14.9. The van der Waals surface area contributed by atoms with Crippen LogP contribution in [0.5, 0.6) is 5.75 Å². The first-order valence-electron chi connectivity index (χ1n) is 8.40. The van der Waals surface area contributed by atoms with Gasteiger partial charge in [-0.05, 0) is 55.7 Å². The quantitative estimate of drug-likeness (QED) is 0.494. The number of β-amino-alcohol motifs (C(OH)–C–C–N with tert-alkyl or cyclic N) is 1. The van der Waals surface area contributed by atoms with Gasteiger partial charge in [0, 0.05) is 17.6 Å². The Morgan fingerprint density at radius 3 is 2.58 bits per heavy atom. The molecule has 0 heterocycles. The second-order valence-electron chi connectivity index (χ2n) is 7.01. The number of aliphatic hydroxyl groups excluding tert-OH is 2. The molecule has 140 valence electrons. The van der Waals surface area contributed by atoms with E-state index in [9.17, 15) is 20.1 Å². The largest absolute Gasteiger partial charge is 0.508 e. The molecule has 0 aromatic heterocycles. The van der Waals surface area contributed by atoms with Crippen molar-refractivity contribution >= 4 is 5.97 Å². The number of phenols is 1. The van der Waals surface area contributed by atoms with Crippen molar-refractivity contribution in [3.05, 3.63) is 64.7 Å². The summed E-state index contributed by atoms with van der Waals surface area (Å²) < 4.78 is 0. The van der Waals surface area contributed by atoms with Gasteiger partial charge in [-0.1, -0.05) is 18.2 Å². The maximum Gasteiger partial charge on any atom is 0.335 e. The van der Waals surface area contributed by atoms with Gasteiger partial charge in [-0.25, -0.2) is 4.79 Å². The minimum absolute atomic E-state index is 0.00458. The molecule has 5 N–H and O–H groups in total. The molecule has 0 aliphatic heterocycles. The van der Waals surface area contributed by atoms with Crippen LogP contribution < -0.4 is 5.32 Å². The molecule has 0 saturated heterocycles. The van der Waals surface area contributed by atoms with E-state index in [1.165, 1.54) is 6.07 Å². The Morgan fingerprint density at radius 1 is 1.19 bits per heavy atom. The summed E-state index contributed by atoms with van der Waals surface area (Å²) in [4.78, 5) is 11.1. The SMILES string of the molecule is CC(C)(Cc1cccc(C(=O)O)c1)NC[C@@H](O)c1ccc(O)c(CO)c1. The van der Waals surface area contributed by atoms with Crippen LogP contribution in [0.1, 0.15) is 47.0 Å². The third-order valence-electron chi connectivity index (χ3n) is 4.25. The Kier molecular flexibility index (Phi) is 6.37. The van der Waals surface area contributed by atoms with Crippen molar-refractivity contribution in [1.82, 2.24) is 5.32 Å². The Labute approximate surface area is 152 Å². The fraction of sp³-hybridized carbons (Fsp3) is 0.350. The highest BCUT2D eigenvalue weighted by atomic mass is 16.4. The topological polar surface area (TPSA) is 110 Å². The highest BCUT2D eigenvalue weighted by Crippen LogP contribution is 2.23. The molecule has 0 amide bonds. The molecule has 0 unspecified atom stereocenters. The molecule has 2 aromatic carbocycles. The first-order chi connectivity index (χ1) is 12.2. The molecular formula is C20H25NO5. The van der Waals surface area contributed by atoms with Gasteiger partial charge in [-0.2, -0.15) is 0 Å². The van der Waals surface area contributed by atoms with E-state index in [0.29, 0.717) is 17.5 Å². The van der Waals surface area contributed by atoms with Crippen LogP contribution in [-0.2, 0) is 13.0 Å². The maximum absolute atomic E-state index is 11.1. The number of hydrogen-bond donors (Lipinski definition) is 5. The Morgan fingerprint density at radius 2 is 1.92 bits per heavy atom. The van der Waals surface area contributed by atoms with Crippen molar-refractivity contribution in [2.24, 2.45) is 0 Å². The summed E-state index contributed by atoms with van der Waals surface area (Å²) in [6.45, 7) is 3.93. The number of nitrogens with one attached hydrogen (secondary N) is 1. The van der Waals surface area contributed by atoms with E-state index in [1.807, 2.05) is 19.9 Å². The van der Waals surface area contributed by atoms with Gasteiger partial charge in [0.2, 0.25) is 0 Å². The van der Waals surface area contributed by atoms with Crippen LogP contribution in [0.2, 0.25) is 0 Å². The average Bonchev–Trinajstić information content (AvgIpc) is 2.60. The third-order valence-corrected chi connectivity index (χ3v) is 4.25. The Balaban J connectivity index is 2.00. The summed E-state index contributed by atoms with van der Waals surface area (Å²) in [5.74, 6) is -0.963. The number of rotatable bonds is 8. The van der Waals surface area contributed by atoms with Crippen LogP contribution in [0.25, 0.3) is 0 Å². The highest BCUT2D eigenvalue weighted by molar-refractivity contribution is 5.87. The summed E-state index contributed by atoms with van der Waals surface area (Å²) in [5.41, 5.74) is 1.74. The second-order valence-corrected chi connectivity index (χ2v) is 7.01. The van der Waals surface area contributed by atoms with Crippen LogP contribution in [-0.4, -0.2) is 38.5 Å². The van der Waals surface area contributed by atoms with Crippen LogP contribution in [0.3, 0.4) is 0 Å². The second kappa shape index (κ2) is 8.31. The number of carbonyl (C=O) groups is 1. The average molecular weight is 359 g/mol. The van der Waals surface area contributed by atoms with E-state index >= 15 is 0 Å². The highest BCUT2D eigenvalue weighted by Gasteiger charge is 2.20. The molecule has 2 aromatic rings. The molecule has 0 spiro atoms. The van der Waals surface area contributed by atoms with Gasteiger partial charge < -0.3 is 25.7 Å². The lowest BCUT2D eigenvalue weighted by Gasteiger charge is -2.28. The summed E-state index contributed by atoms with van der Waals surface area (Å²) in [5, 5.41) is 41.6. The van der Waals surface area contributed by atoms with Gasteiger partial charge in [-0.3, -0.25) is 0 Å². The van der Waals surface area contributed by atoms with Crippen molar-refractivity contribution in [3.8, 4) is 5.75 Å². The predicted octanol–water partition coefficient (Wildman–Crippen LogP) is 2.23. The molecule has 1 atom stereocenters. The van der Waals surface area contributed by atoms with Crippen LogP contribution in [0, 0.1) is 0 Å². The smallest absolute Gasteiger partial charge is 0.335 e. The standard InChI is InChI=1S/C20H25NO5/c1-20(2,10-13-4-3-5-15(8-13)19(25)26)21-11-18(24)14-6-7-17(23)16(9-14)12-22/h3-9,18,21-24H,10-12H2,1-2H3,(H,25,26)/t18-/m1/s1. The predicted molar refractivity (Wildman–Crippen MR) is 98.2 cm³/mol. The summed E-state index contributed by atoms with van der Waals surface area (Å²) >= 11 is 0. The van der Waals surface area contributed by atoms with Gasteiger partial charge in [0.05, 0.1) is 18.3 Å². The molecule has 0 radical (unpaired) electrons. The van der Waals surface area contributed by atoms with E-state index in [2.05, 4.69) is 5.32 Å². The van der Waals surface area contributed by atoms with Crippen molar-refractivity contribution in [2.75, 3.05) is 6.54 Å². The zero-order valence-electron chi connectivity index (χ0n) is 14.9. The van der Waals surface area contributed by atoms with E-state index in [1.54, 1.807) is 30.3 Å². The van der Waals surface area contributed by atoms with Crippen molar-refractivity contribution in [3.63, 3.8) is 0 Å². The van der Waals surface area contributed by atoms with E-state index in [-0.39, 0.29) is 30.0 Å². The summed E-state index contributed by atoms with van der Waals surface area (Å²) in [7, 11) is 0. The van der Waals surface area contributed by atoms with Gasteiger partial charge in [0.15, 0.2) is 0 Å². The monoisotopic (exact) mass is 359 g/mol. The normalized spacial score (nSPS) is 12.8. The minimum Gasteiger partial charge on any atom is -0.508 e. The summed E-state index contributed by atoms with van der Waals surface area (Å²) in [6.07, 6.45) is -0.205. The number of aliphatic hydroxyl groups is 2. The molecule has 6 nitrogen and oxygen atoms in total. The molecule has 0 aliphatic rings. The van der Waals surface area contributed by atoms with Crippen molar-refractivity contribution < 1.29 is 25.2 Å². The molecule has 0 fully saturated rings. The molecule has 26 heavy (non-hydrogen) atoms. The number of aromatic hydroxyl groups is 1. The first-order valence-corrected chi connectivity index (χ1v) is 8.40. The molecular weight excluding hydrogens is 334 g/mol. The van der Waals surface area contributed by atoms with Gasteiger partial charge in [0.25, 0.3) is 0 Å². The molecule has 6 heteroatoms. The third kappa shape index (κ3) is 5.29. The first kappa shape index (κ1) is 19.9. The van der Waals surface area contributed by atoms with Gasteiger partial charge in [-0.15, -0.1) is 0 Å². The van der Waals surface area contributed by atoms with E-state index in [0.717, 1.165) is 5.56 Å². The number of carboxylic acid groups (broad SMARTS) is 1. The van der Waals surface area contributed by atoms with Crippen LogP contribution in [0.15, 0.2) is 42.5 Å². The number of hydrogen-bond acceptors (Lipinski definition) is 5. The minimum atomic E-state index is -0.958. The van der Waals surface area contributed by atoms with E-state index in [4.69, 9.17) is 5.11 Å². The van der Waals surface area contributed by atoms with Gasteiger partial charge >= 0.3 is 5.97 Å². The summed E-state index contributed by atoms with van der Waals surface area (Å²) in [6, 6.07) is 11.4. The van der Waals surface area contributed by atoms with Gasteiger partial charge in [0.1, 0.15) is 5.75 Å². The lowest BCUT2D eigenvalue weighted by atomic mass is 9.93. The van der Waals surface area contributed by atoms with Crippen molar-refractivity contribution in [1.29, 1.82) is 0 Å². The number of benzene rings is 2. The molecule has 2 rings (SSSR count). The zero-order chi connectivity index (χ0) is 19.3.